The quantitative estimate of drug-likeness (QED) is 0.727. The average molecular weight is 366 g/mol. The Morgan fingerprint density at radius 3 is 2.73 bits per heavy atom. The Labute approximate surface area is 147 Å². The van der Waals surface area contributed by atoms with Crippen LogP contribution in [0, 0.1) is 0 Å². The maximum Gasteiger partial charge on any atom is 0.343 e. The van der Waals surface area contributed by atoms with Crippen molar-refractivity contribution >= 4 is 5.97 Å². The Morgan fingerprint density at radius 2 is 2.12 bits per heavy atom. The molecule has 9 heteroatoms. The Kier molecular flexibility index (Phi) is 5.27. The highest BCUT2D eigenvalue weighted by molar-refractivity contribution is 5.90. The van der Waals surface area contributed by atoms with E-state index in [4.69, 9.17) is 9.47 Å². The first kappa shape index (κ1) is 18.0. The number of nitrogens with zero attached hydrogens (tertiary/aromatic N) is 2. The third kappa shape index (κ3) is 3.57. The molecule has 2 heterocycles. The molecule has 0 bridgehead atoms. The lowest BCUT2D eigenvalue weighted by Crippen LogP contribution is -2.34. The molecule has 1 fully saturated rings. The normalized spacial score (nSPS) is 14.2. The standard InChI is InChI=1S/C17H16F2N2O5/c1-24-17(23)12-6-21(10-7-25-8-10)20-15(16(12)22)11-4-2-3-5-13(11)26-9-14(18)19/h2-6,10,14H,7-9H2,1H3. The van der Waals surface area contributed by atoms with Crippen molar-refractivity contribution in [1.82, 2.24) is 9.78 Å². The topological polar surface area (TPSA) is 79.7 Å². The summed E-state index contributed by atoms with van der Waals surface area (Å²) in [6.07, 6.45) is -1.35. The molecular formula is C17H16F2N2O5. The third-order valence-electron chi connectivity index (χ3n) is 3.84. The molecule has 3 rings (SSSR count). The van der Waals surface area contributed by atoms with E-state index < -0.39 is 24.4 Å². The summed E-state index contributed by atoms with van der Waals surface area (Å²) in [5.41, 5.74) is -0.725. The summed E-state index contributed by atoms with van der Waals surface area (Å²) >= 11 is 0. The molecule has 1 saturated heterocycles. The summed E-state index contributed by atoms with van der Waals surface area (Å²) in [4.78, 5) is 24.7. The molecule has 138 valence electrons. The molecule has 2 aromatic rings. The van der Waals surface area contributed by atoms with E-state index in [1.165, 1.54) is 30.1 Å². The number of rotatable bonds is 6. The first-order valence-electron chi connectivity index (χ1n) is 7.81. The Morgan fingerprint density at radius 1 is 1.38 bits per heavy atom. The average Bonchev–Trinajstić information content (AvgIpc) is 2.59. The van der Waals surface area contributed by atoms with Crippen LogP contribution < -0.4 is 10.2 Å². The molecule has 0 amide bonds. The van der Waals surface area contributed by atoms with Crippen molar-refractivity contribution in [3.63, 3.8) is 0 Å². The molecule has 1 aromatic carbocycles. The van der Waals surface area contributed by atoms with E-state index in [0.717, 1.165) is 0 Å². The first-order chi connectivity index (χ1) is 12.5. The van der Waals surface area contributed by atoms with Gasteiger partial charge >= 0.3 is 5.97 Å². The molecule has 0 spiro atoms. The maximum atomic E-state index is 12.7. The van der Waals surface area contributed by atoms with Gasteiger partial charge in [0.25, 0.3) is 6.43 Å². The number of benzene rings is 1. The highest BCUT2D eigenvalue weighted by Gasteiger charge is 2.26. The number of ether oxygens (including phenoxy) is 3. The second-order valence-corrected chi connectivity index (χ2v) is 5.58. The van der Waals surface area contributed by atoms with Crippen LogP contribution in [0.5, 0.6) is 5.75 Å². The molecule has 0 unspecified atom stereocenters. The van der Waals surface area contributed by atoms with Crippen molar-refractivity contribution in [3.05, 3.63) is 46.2 Å². The van der Waals surface area contributed by atoms with Gasteiger partial charge in [-0.3, -0.25) is 9.48 Å². The number of para-hydroxylation sites is 1. The lowest BCUT2D eigenvalue weighted by Gasteiger charge is -2.28. The number of hydrogen-bond acceptors (Lipinski definition) is 6. The molecule has 0 saturated carbocycles. The van der Waals surface area contributed by atoms with Crippen LogP contribution in [0.3, 0.4) is 0 Å². The minimum atomic E-state index is -2.67. The van der Waals surface area contributed by atoms with Crippen LogP contribution in [0.1, 0.15) is 16.4 Å². The smallest absolute Gasteiger partial charge is 0.343 e. The van der Waals surface area contributed by atoms with Gasteiger partial charge in [0.05, 0.1) is 26.4 Å². The predicted octanol–water partition coefficient (Wildman–Crippen LogP) is 1.91. The van der Waals surface area contributed by atoms with Gasteiger partial charge < -0.3 is 14.2 Å². The fourth-order valence-corrected chi connectivity index (χ4v) is 2.44. The van der Waals surface area contributed by atoms with Crippen molar-refractivity contribution in [1.29, 1.82) is 0 Å². The Balaban J connectivity index is 2.12. The van der Waals surface area contributed by atoms with Crippen LogP contribution >= 0.6 is 0 Å². The number of methoxy groups -OCH3 is 1. The summed E-state index contributed by atoms with van der Waals surface area (Å²) in [5.74, 6) is -0.727. The van der Waals surface area contributed by atoms with Crippen LogP contribution in [0.2, 0.25) is 0 Å². The Hall–Kier alpha value is -2.81. The molecular weight excluding hydrogens is 350 g/mol. The van der Waals surface area contributed by atoms with E-state index in [1.54, 1.807) is 12.1 Å². The largest absolute Gasteiger partial charge is 0.487 e. The van der Waals surface area contributed by atoms with Gasteiger partial charge in [0.1, 0.15) is 23.6 Å². The van der Waals surface area contributed by atoms with E-state index in [2.05, 4.69) is 9.84 Å². The summed E-state index contributed by atoms with van der Waals surface area (Å²) in [5, 5.41) is 4.28. The SMILES string of the molecule is COC(=O)c1cn(C2COC2)nc(-c2ccccc2OCC(F)F)c1=O. The predicted molar refractivity (Wildman–Crippen MR) is 86.6 cm³/mol. The highest BCUT2D eigenvalue weighted by atomic mass is 19.3. The van der Waals surface area contributed by atoms with Gasteiger partial charge in [-0.15, -0.1) is 0 Å². The van der Waals surface area contributed by atoms with Gasteiger partial charge in [0.15, 0.2) is 0 Å². The zero-order chi connectivity index (χ0) is 18.7. The number of carbonyl (C=O) groups is 1. The molecule has 7 nitrogen and oxygen atoms in total. The van der Waals surface area contributed by atoms with E-state index in [1.807, 2.05) is 0 Å². The number of alkyl halides is 2. The minimum Gasteiger partial charge on any atom is -0.487 e. The van der Waals surface area contributed by atoms with Crippen molar-refractivity contribution in [3.8, 4) is 17.0 Å². The molecule has 26 heavy (non-hydrogen) atoms. The summed E-state index contributed by atoms with van der Waals surface area (Å²) < 4.78 is 41.3. The van der Waals surface area contributed by atoms with E-state index in [-0.39, 0.29) is 28.6 Å². The summed E-state index contributed by atoms with van der Waals surface area (Å²) in [7, 11) is 1.17. The van der Waals surface area contributed by atoms with Crippen LogP contribution in [0.25, 0.3) is 11.3 Å². The third-order valence-corrected chi connectivity index (χ3v) is 3.84. The van der Waals surface area contributed by atoms with Gasteiger partial charge in [0, 0.05) is 11.8 Å². The molecule has 0 radical (unpaired) electrons. The number of esters is 1. The molecule has 0 atom stereocenters. The second kappa shape index (κ2) is 7.61. The molecule has 1 aromatic heterocycles. The van der Waals surface area contributed by atoms with Crippen LogP contribution in [0.15, 0.2) is 35.3 Å². The second-order valence-electron chi connectivity index (χ2n) is 5.58. The summed E-state index contributed by atoms with van der Waals surface area (Å²) in [6.45, 7) is -0.0444. The lowest BCUT2D eigenvalue weighted by atomic mass is 10.1. The fraction of sp³-hybridized carbons (Fsp3) is 0.353. The monoisotopic (exact) mass is 366 g/mol. The number of hydrogen-bond donors (Lipinski definition) is 0. The number of aromatic nitrogens is 2. The van der Waals surface area contributed by atoms with Gasteiger partial charge in [-0.05, 0) is 12.1 Å². The van der Waals surface area contributed by atoms with Crippen molar-refractivity contribution in [2.45, 2.75) is 12.5 Å². The Bertz CT molecular complexity index is 864. The zero-order valence-electron chi connectivity index (χ0n) is 13.9. The maximum absolute atomic E-state index is 12.7. The van der Waals surface area contributed by atoms with Crippen molar-refractivity contribution in [2.24, 2.45) is 0 Å². The van der Waals surface area contributed by atoms with E-state index >= 15 is 0 Å². The van der Waals surface area contributed by atoms with Crippen LogP contribution in [-0.2, 0) is 9.47 Å². The number of carbonyl (C=O) groups excluding carboxylic acids is 1. The zero-order valence-corrected chi connectivity index (χ0v) is 13.9. The van der Waals surface area contributed by atoms with Crippen LogP contribution in [-0.4, -0.2) is 49.1 Å². The molecule has 0 N–H and O–H groups in total. The first-order valence-corrected chi connectivity index (χ1v) is 7.81. The van der Waals surface area contributed by atoms with Gasteiger partial charge in [-0.2, -0.15) is 5.10 Å². The van der Waals surface area contributed by atoms with E-state index in [9.17, 15) is 18.4 Å². The number of halogens is 2. The van der Waals surface area contributed by atoms with Gasteiger partial charge in [0.2, 0.25) is 5.43 Å². The van der Waals surface area contributed by atoms with E-state index in [0.29, 0.717) is 13.2 Å². The van der Waals surface area contributed by atoms with Crippen molar-refractivity contribution < 1.29 is 27.8 Å². The van der Waals surface area contributed by atoms with Gasteiger partial charge in [-0.1, -0.05) is 12.1 Å². The highest BCUT2D eigenvalue weighted by Crippen LogP contribution is 2.28. The summed E-state index contributed by atoms with van der Waals surface area (Å²) in [6, 6.07) is 6.06. The molecule has 1 aliphatic rings. The molecule has 0 aliphatic carbocycles. The van der Waals surface area contributed by atoms with Crippen molar-refractivity contribution in [2.75, 3.05) is 26.9 Å². The molecule has 1 aliphatic heterocycles. The lowest BCUT2D eigenvalue weighted by molar-refractivity contribution is -0.0293. The van der Waals surface area contributed by atoms with Crippen LogP contribution in [0.4, 0.5) is 8.78 Å². The fourth-order valence-electron chi connectivity index (χ4n) is 2.44. The minimum absolute atomic E-state index is 0.0790. The van der Waals surface area contributed by atoms with Gasteiger partial charge in [-0.25, -0.2) is 13.6 Å².